The van der Waals surface area contributed by atoms with E-state index in [2.05, 4.69) is 10.3 Å². The van der Waals surface area contributed by atoms with Crippen molar-refractivity contribution >= 4 is 39.1 Å². The van der Waals surface area contributed by atoms with Gasteiger partial charge in [-0.15, -0.1) is 0 Å². The van der Waals surface area contributed by atoms with Gasteiger partial charge in [0, 0.05) is 0 Å². The number of aryl methyl sites for hydroxylation is 1. The minimum atomic E-state index is -0.439. The van der Waals surface area contributed by atoms with Crippen LogP contribution in [-0.2, 0) is 4.74 Å². The monoisotopic (exact) mass is 370 g/mol. The molecule has 1 aromatic heterocycles. The van der Waals surface area contributed by atoms with Crippen LogP contribution in [0.15, 0.2) is 36.4 Å². The lowest BCUT2D eigenvalue weighted by Gasteiger charge is -2.10. The summed E-state index contributed by atoms with van der Waals surface area (Å²) in [5, 5.41) is 4.99. The topological polar surface area (TPSA) is 77.5 Å². The van der Waals surface area contributed by atoms with Crippen LogP contribution in [0.5, 0.6) is 5.75 Å². The van der Waals surface area contributed by atoms with Crippen molar-refractivity contribution in [1.29, 1.82) is 0 Å². The Balaban J connectivity index is 1.90. The summed E-state index contributed by atoms with van der Waals surface area (Å²) < 4.78 is 10.4. The summed E-state index contributed by atoms with van der Waals surface area (Å²) in [6.45, 7) is 3.73. The molecule has 7 heteroatoms. The molecule has 3 aromatic rings. The predicted molar refractivity (Wildman–Crippen MR) is 101 cm³/mol. The summed E-state index contributed by atoms with van der Waals surface area (Å²) >= 11 is 1.09. The van der Waals surface area contributed by atoms with Gasteiger partial charge in [-0.25, -0.2) is 9.78 Å². The summed E-state index contributed by atoms with van der Waals surface area (Å²) in [6.07, 6.45) is 0. The molecule has 3 rings (SSSR count). The molecule has 1 heterocycles. The molecule has 0 radical (unpaired) electrons. The van der Waals surface area contributed by atoms with E-state index in [0.717, 1.165) is 22.1 Å². The second-order valence-corrected chi connectivity index (χ2v) is 6.51. The van der Waals surface area contributed by atoms with Crippen LogP contribution in [0.3, 0.4) is 0 Å². The van der Waals surface area contributed by atoms with Crippen molar-refractivity contribution in [2.45, 2.75) is 13.8 Å². The lowest BCUT2D eigenvalue weighted by Crippen LogP contribution is -2.13. The Morgan fingerprint density at radius 2 is 1.88 bits per heavy atom. The SMILES string of the molecule is CCOC(=O)c1sc(NC(=O)c2cc3ccccc3cc2OC)nc1C. The van der Waals surface area contributed by atoms with E-state index < -0.39 is 5.97 Å². The number of nitrogens with one attached hydrogen (secondary N) is 1. The third-order valence-electron chi connectivity index (χ3n) is 3.79. The fraction of sp³-hybridized carbons (Fsp3) is 0.211. The smallest absolute Gasteiger partial charge is 0.350 e. The molecule has 0 aliphatic carbocycles. The number of anilines is 1. The average Bonchev–Trinajstić information content (AvgIpc) is 3.00. The van der Waals surface area contributed by atoms with E-state index in [4.69, 9.17) is 9.47 Å². The number of amides is 1. The maximum atomic E-state index is 12.7. The molecular formula is C19H18N2O4S. The van der Waals surface area contributed by atoms with Gasteiger partial charge in [-0.2, -0.15) is 0 Å². The van der Waals surface area contributed by atoms with Crippen molar-refractivity contribution in [2.75, 3.05) is 19.0 Å². The van der Waals surface area contributed by atoms with E-state index in [1.54, 1.807) is 19.9 Å². The first-order chi connectivity index (χ1) is 12.5. The number of carbonyl (C=O) groups is 2. The van der Waals surface area contributed by atoms with Gasteiger partial charge in [-0.3, -0.25) is 10.1 Å². The number of carbonyl (C=O) groups excluding carboxylic acids is 2. The molecule has 0 atom stereocenters. The zero-order valence-corrected chi connectivity index (χ0v) is 15.5. The Hall–Kier alpha value is -2.93. The number of thiazole rings is 1. The largest absolute Gasteiger partial charge is 0.496 e. The molecule has 0 unspecified atom stereocenters. The van der Waals surface area contributed by atoms with Gasteiger partial charge in [0.15, 0.2) is 5.13 Å². The molecule has 0 saturated carbocycles. The fourth-order valence-electron chi connectivity index (χ4n) is 2.57. The summed E-state index contributed by atoms with van der Waals surface area (Å²) in [7, 11) is 1.52. The molecule has 134 valence electrons. The van der Waals surface area contributed by atoms with E-state index in [9.17, 15) is 9.59 Å². The van der Waals surface area contributed by atoms with E-state index >= 15 is 0 Å². The molecule has 0 fully saturated rings. The summed E-state index contributed by atoms with van der Waals surface area (Å²) in [4.78, 5) is 29.2. The maximum absolute atomic E-state index is 12.7. The first-order valence-electron chi connectivity index (χ1n) is 8.06. The Morgan fingerprint density at radius 1 is 1.19 bits per heavy atom. The molecule has 2 aromatic carbocycles. The summed E-state index contributed by atoms with van der Waals surface area (Å²) in [6, 6.07) is 11.3. The normalized spacial score (nSPS) is 10.6. The zero-order chi connectivity index (χ0) is 18.7. The Labute approximate surface area is 154 Å². The molecule has 0 aliphatic heterocycles. The van der Waals surface area contributed by atoms with E-state index in [1.807, 2.05) is 30.3 Å². The van der Waals surface area contributed by atoms with E-state index in [1.165, 1.54) is 7.11 Å². The van der Waals surface area contributed by atoms with Gasteiger partial charge in [0.2, 0.25) is 0 Å². The summed E-state index contributed by atoms with van der Waals surface area (Å²) in [5.41, 5.74) is 0.922. The van der Waals surface area contributed by atoms with Crippen LogP contribution < -0.4 is 10.1 Å². The standard InChI is InChI=1S/C19H18N2O4S/c1-4-25-18(23)16-11(2)20-19(26-16)21-17(22)14-9-12-7-5-6-8-13(12)10-15(14)24-3/h5-10H,4H2,1-3H3,(H,20,21,22). The van der Waals surface area contributed by atoms with Gasteiger partial charge >= 0.3 is 5.97 Å². The quantitative estimate of drug-likeness (QED) is 0.686. The first-order valence-corrected chi connectivity index (χ1v) is 8.87. The molecule has 1 N–H and O–H groups in total. The number of fused-ring (bicyclic) bond motifs is 1. The third-order valence-corrected chi connectivity index (χ3v) is 4.84. The van der Waals surface area contributed by atoms with Crippen molar-refractivity contribution < 1.29 is 19.1 Å². The molecule has 0 aliphatic rings. The second kappa shape index (κ2) is 7.53. The van der Waals surface area contributed by atoms with Crippen molar-refractivity contribution in [2.24, 2.45) is 0 Å². The van der Waals surface area contributed by atoms with Gasteiger partial charge < -0.3 is 9.47 Å². The van der Waals surface area contributed by atoms with Crippen LogP contribution in [0, 0.1) is 6.92 Å². The minimum Gasteiger partial charge on any atom is -0.496 e. The lowest BCUT2D eigenvalue weighted by atomic mass is 10.1. The zero-order valence-electron chi connectivity index (χ0n) is 14.7. The van der Waals surface area contributed by atoms with Gasteiger partial charge in [-0.1, -0.05) is 35.6 Å². The van der Waals surface area contributed by atoms with Crippen LogP contribution in [0.4, 0.5) is 5.13 Å². The van der Waals surface area contributed by atoms with Crippen LogP contribution >= 0.6 is 11.3 Å². The molecular weight excluding hydrogens is 352 g/mol. The average molecular weight is 370 g/mol. The van der Waals surface area contributed by atoms with Crippen molar-refractivity contribution in [3.63, 3.8) is 0 Å². The highest BCUT2D eigenvalue weighted by Gasteiger charge is 2.19. The van der Waals surface area contributed by atoms with Crippen molar-refractivity contribution in [1.82, 2.24) is 4.98 Å². The van der Waals surface area contributed by atoms with E-state index in [-0.39, 0.29) is 12.5 Å². The highest BCUT2D eigenvalue weighted by Crippen LogP contribution is 2.28. The number of nitrogens with zero attached hydrogens (tertiary/aromatic N) is 1. The fourth-order valence-corrected chi connectivity index (χ4v) is 3.42. The van der Waals surface area contributed by atoms with Crippen LogP contribution in [0.1, 0.15) is 32.6 Å². The Bertz CT molecular complexity index is 981. The number of hydrogen-bond donors (Lipinski definition) is 1. The third kappa shape index (κ3) is 3.52. The second-order valence-electron chi connectivity index (χ2n) is 5.51. The van der Waals surface area contributed by atoms with Gasteiger partial charge in [0.05, 0.1) is 25.0 Å². The molecule has 26 heavy (non-hydrogen) atoms. The molecule has 1 amide bonds. The number of ether oxygens (including phenoxy) is 2. The van der Waals surface area contributed by atoms with Crippen molar-refractivity contribution in [3.8, 4) is 5.75 Å². The maximum Gasteiger partial charge on any atom is 0.350 e. The number of rotatable bonds is 5. The van der Waals surface area contributed by atoms with Crippen LogP contribution in [0.25, 0.3) is 10.8 Å². The predicted octanol–water partition coefficient (Wildman–Crippen LogP) is 4.04. The lowest BCUT2D eigenvalue weighted by molar-refractivity contribution is 0.0531. The molecule has 0 bridgehead atoms. The number of aromatic nitrogens is 1. The highest BCUT2D eigenvalue weighted by atomic mass is 32.1. The number of benzene rings is 2. The Kier molecular flexibility index (Phi) is 5.18. The minimum absolute atomic E-state index is 0.284. The van der Waals surface area contributed by atoms with Gasteiger partial charge in [0.25, 0.3) is 5.91 Å². The summed E-state index contributed by atoms with van der Waals surface area (Å²) in [5.74, 6) is -0.317. The van der Waals surface area contributed by atoms with Gasteiger partial charge in [0.1, 0.15) is 10.6 Å². The number of methoxy groups -OCH3 is 1. The molecule has 6 nitrogen and oxygen atoms in total. The van der Waals surface area contributed by atoms with Crippen LogP contribution in [-0.4, -0.2) is 30.6 Å². The van der Waals surface area contributed by atoms with E-state index in [0.29, 0.717) is 27.0 Å². The molecule has 0 spiro atoms. The number of esters is 1. The molecule has 0 saturated heterocycles. The first kappa shape index (κ1) is 17.9. The highest BCUT2D eigenvalue weighted by molar-refractivity contribution is 7.17. The number of hydrogen-bond acceptors (Lipinski definition) is 6. The van der Waals surface area contributed by atoms with Gasteiger partial charge in [-0.05, 0) is 36.8 Å². The van der Waals surface area contributed by atoms with Crippen LogP contribution in [0.2, 0.25) is 0 Å². The van der Waals surface area contributed by atoms with Crippen molar-refractivity contribution in [3.05, 3.63) is 52.5 Å². The Morgan fingerprint density at radius 3 is 2.54 bits per heavy atom.